The molecule has 1 unspecified atom stereocenters. The van der Waals surface area contributed by atoms with Crippen molar-refractivity contribution in [1.82, 2.24) is 9.47 Å². The second kappa shape index (κ2) is 7.86. The van der Waals surface area contributed by atoms with E-state index in [9.17, 15) is 0 Å². The van der Waals surface area contributed by atoms with Gasteiger partial charge in [-0.25, -0.2) is 0 Å². The van der Waals surface area contributed by atoms with Crippen LogP contribution in [0.1, 0.15) is 23.4 Å². The molecule has 146 valence electrons. The molecule has 1 aliphatic rings. The molecule has 3 heteroatoms. The lowest BCUT2D eigenvalue weighted by Crippen LogP contribution is -2.52. The van der Waals surface area contributed by atoms with Gasteiger partial charge in [0.2, 0.25) is 0 Å². The minimum absolute atomic E-state index is 0.0540. The number of ether oxygens (including phenoxy) is 1. The van der Waals surface area contributed by atoms with Gasteiger partial charge in [0.25, 0.3) is 0 Å². The lowest BCUT2D eigenvalue weighted by molar-refractivity contribution is -0.0767. The summed E-state index contributed by atoms with van der Waals surface area (Å²) in [6.45, 7) is 2.03. The molecular formula is C26H26N2O. The summed E-state index contributed by atoms with van der Waals surface area (Å²) in [6.07, 6.45) is 2.21. The monoisotopic (exact) mass is 382 g/mol. The predicted molar refractivity (Wildman–Crippen MR) is 118 cm³/mol. The molecule has 0 spiro atoms. The van der Waals surface area contributed by atoms with Gasteiger partial charge in [0.1, 0.15) is 6.23 Å². The van der Waals surface area contributed by atoms with Crippen molar-refractivity contribution in [3.05, 3.63) is 108 Å². The largest absolute Gasteiger partial charge is 0.361 e. The van der Waals surface area contributed by atoms with Crippen LogP contribution in [-0.2, 0) is 4.74 Å². The summed E-state index contributed by atoms with van der Waals surface area (Å²) in [4.78, 5) is 2.56. The van der Waals surface area contributed by atoms with Crippen molar-refractivity contribution < 1.29 is 4.74 Å². The number of para-hydroxylation sites is 1. The number of aromatic nitrogens is 1. The summed E-state index contributed by atoms with van der Waals surface area (Å²) in [6, 6.07) is 32.6. The Morgan fingerprint density at radius 2 is 1.34 bits per heavy atom. The van der Waals surface area contributed by atoms with Gasteiger partial charge < -0.3 is 9.30 Å². The van der Waals surface area contributed by atoms with Crippen LogP contribution in [0.3, 0.4) is 0 Å². The normalized spacial score (nSPS) is 16.2. The molecule has 1 atom stereocenters. The summed E-state index contributed by atoms with van der Waals surface area (Å²) < 4.78 is 8.27. The van der Waals surface area contributed by atoms with E-state index < -0.39 is 0 Å². The number of methoxy groups -OCH3 is 1. The standard InChI is InChI=1S/C26H26N2O/c1-29-26(28-17-16-20-10-8-9-15-24(20)28)23-18-27(19-23)25(21-11-4-2-5-12-21)22-13-6-3-7-14-22/h2-17,23,25-26H,18-19H2,1H3. The zero-order chi connectivity index (χ0) is 19.6. The molecular weight excluding hydrogens is 356 g/mol. The molecule has 0 N–H and O–H groups in total. The molecule has 1 aliphatic heterocycles. The lowest BCUT2D eigenvalue weighted by atomic mass is 9.89. The van der Waals surface area contributed by atoms with Crippen LogP contribution < -0.4 is 0 Å². The number of likely N-dealkylation sites (tertiary alicyclic amines) is 1. The fourth-order valence-electron chi connectivity index (χ4n) is 4.68. The third-order valence-electron chi connectivity index (χ3n) is 6.08. The Balaban J connectivity index is 1.40. The number of fused-ring (bicyclic) bond motifs is 1. The molecule has 0 aliphatic carbocycles. The van der Waals surface area contributed by atoms with Gasteiger partial charge in [0.15, 0.2) is 0 Å². The van der Waals surface area contributed by atoms with Crippen molar-refractivity contribution in [2.45, 2.75) is 12.3 Å². The topological polar surface area (TPSA) is 17.4 Å². The van der Waals surface area contributed by atoms with Crippen molar-refractivity contribution in [3.8, 4) is 0 Å². The molecule has 0 radical (unpaired) electrons. The fourth-order valence-corrected chi connectivity index (χ4v) is 4.68. The molecule has 3 nitrogen and oxygen atoms in total. The van der Waals surface area contributed by atoms with Crippen molar-refractivity contribution in [1.29, 1.82) is 0 Å². The van der Waals surface area contributed by atoms with Gasteiger partial charge in [-0.15, -0.1) is 0 Å². The Bertz CT molecular complexity index is 1030. The molecule has 5 rings (SSSR count). The summed E-state index contributed by atoms with van der Waals surface area (Å²) in [5.74, 6) is 0.464. The third-order valence-corrected chi connectivity index (χ3v) is 6.08. The van der Waals surface area contributed by atoms with E-state index in [1.807, 2.05) is 7.11 Å². The van der Waals surface area contributed by atoms with Crippen molar-refractivity contribution in [2.75, 3.05) is 20.2 Å². The minimum Gasteiger partial charge on any atom is -0.361 e. The molecule has 0 amide bonds. The highest BCUT2D eigenvalue weighted by Crippen LogP contribution is 2.39. The van der Waals surface area contributed by atoms with Crippen LogP contribution in [0.4, 0.5) is 0 Å². The molecule has 1 fully saturated rings. The average Bonchev–Trinajstić information content (AvgIpc) is 3.18. The molecule has 1 saturated heterocycles. The Hall–Kier alpha value is -2.88. The Morgan fingerprint density at radius 3 is 1.97 bits per heavy atom. The maximum Gasteiger partial charge on any atom is 0.138 e. The van der Waals surface area contributed by atoms with Gasteiger partial charge >= 0.3 is 0 Å². The number of rotatable bonds is 6. The first-order chi connectivity index (χ1) is 14.3. The third kappa shape index (κ3) is 3.37. The maximum atomic E-state index is 5.98. The van der Waals surface area contributed by atoms with Crippen molar-refractivity contribution in [2.24, 2.45) is 5.92 Å². The lowest BCUT2D eigenvalue weighted by Gasteiger charge is -2.47. The molecule has 3 aromatic carbocycles. The van der Waals surface area contributed by atoms with Crippen LogP contribution in [0.15, 0.2) is 97.2 Å². The van der Waals surface area contributed by atoms with Gasteiger partial charge in [-0.1, -0.05) is 78.9 Å². The highest BCUT2D eigenvalue weighted by atomic mass is 16.5. The first-order valence-electron chi connectivity index (χ1n) is 10.3. The number of hydrogen-bond donors (Lipinski definition) is 0. The minimum atomic E-state index is 0.0540. The molecule has 0 saturated carbocycles. The van der Waals surface area contributed by atoms with E-state index in [1.54, 1.807) is 0 Å². The zero-order valence-electron chi connectivity index (χ0n) is 16.7. The SMILES string of the molecule is COC(C1CN(C(c2ccccc2)c2ccccc2)C1)n1ccc2ccccc21. The molecule has 4 aromatic rings. The summed E-state index contributed by atoms with van der Waals surface area (Å²) in [5, 5.41) is 1.26. The zero-order valence-corrected chi connectivity index (χ0v) is 16.7. The van der Waals surface area contributed by atoms with E-state index in [2.05, 4.69) is 107 Å². The Kier molecular flexibility index (Phi) is 4.92. The first-order valence-corrected chi connectivity index (χ1v) is 10.3. The molecule has 2 heterocycles. The average molecular weight is 383 g/mol. The van der Waals surface area contributed by atoms with Gasteiger partial charge in [-0.05, 0) is 28.6 Å². The predicted octanol–water partition coefficient (Wildman–Crippen LogP) is 5.51. The van der Waals surface area contributed by atoms with E-state index >= 15 is 0 Å². The Labute approximate surface area is 172 Å². The maximum absolute atomic E-state index is 5.98. The summed E-state index contributed by atoms with van der Waals surface area (Å²) >= 11 is 0. The van der Waals surface area contributed by atoms with E-state index in [0.29, 0.717) is 5.92 Å². The van der Waals surface area contributed by atoms with Crippen LogP contribution >= 0.6 is 0 Å². The van der Waals surface area contributed by atoms with E-state index in [-0.39, 0.29) is 12.3 Å². The molecule has 1 aromatic heterocycles. The van der Waals surface area contributed by atoms with Crippen LogP contribution in [0, 0.1) is 5.92 Å². The van der Waals surface area contributed by atoms with E-state index in [4.69, 9.17) is 4.74 Å². The second-order valence-electron chi connectivity index (χ2n) is 7.85. The van der Waals surface area contributed by atoms with Gasteiger partial charge in [0, 0.05) is 32.3 Å². The summed E-state index contributed by atoms with van der Waals surface area (Å²) in [7, 11) is 1.83. The highest BCUT2D eigenvalue weighted by Gasteiger charge is 2.39. The number of hydrogen-bond acceptors (Lipinski definition) is 2. The van der Waals surface area contributed by atoms with Gasteiger partial charge in [0.05, 0.1) is 11.6 Å². The highest BCUT2D eigenvalue weighted by molar-refractivity contribution is 5.80. The number of nitrogens with zero attached hydrogens (tertiary/aromatic N) is 2. The van der Waals surface area contributed by atoms with Crippen LogP contribution in [0.25, 0.3) is 10.9 Å². The van der Waals surface area contributed by atoms with Crippen molar-refractivity contribution in [3.63, 3.8) is 0 Å². The Morgan fingerprint density at radius 1 is 0.759 bits per heavy atom. The summed E-state index contributed by atoms with van der Waals surface area (Å²) in [5.41, 5.74) is 3.93. The first kappa shape index (κ1) is 18.2. The van der Waals surface area contributed by atoms with Crippen LogP contribution in [0.5, 0.6) is 0 Å². The van der Waals surface area contributed by atoms with Gasteiger partial charge in [-0.2, -0.15) is 0 Å². The van der Waals surface area contributed by atoms with Gasteiger partial charge in [-0.3, -0.25) is 4.90 Å². The molecule has 0 bridgehead atoms. The van der Waals surface area contributed by atoms with E-state index in [1.165, 1.54) is 22.0 Å². The van der Waals surface area contributed by atoms with Crippen LogP contribution in [0.2, 0.25) is 0 Å². The van der Waals surface area contributed by atoms with Crippen molar-refractivity contribution >= 4 is 10.9 Å². The van der Waals surface area contributed by atoms with E-state index in [0.717, 1.165) is 13.1 Å². The quantitative estimate of drug-likeness (QED) is 0.438. The fraction of sp³-hybridized carbons (Fsp3) is 0.231. The second-order valence-corrected chi connectivity index (χ2v) is 7.85. The smallest absolute Gasteiger partial charge is 0.138 e. The number of benzene rings is 3. The van der Waals surface area contributed by atoms with Crippen LogP contribution in [-0.4, -0.2) is 29.7 Å². The molecule has 29 heavy (non-hydrogen) atoms.